The molecule has 0 saturated carbocycles. The highest BCUT2D eigenvalue weighted by molar-refractivity contribution is 5.79. The Balaban J connectivity index is 2.71. The minimum absolute atomic E-state index is 0.531. The van der Waals surface area contributed by atoms with E-state index in [9.17, 15) is 0 Å². The Bertz CT molecular complexity index is 427. The second-order valence-electron chi connectivity index (χ2n) is 3.75. The molecular weight excluding hydrogens is 160 g/mol. The van der Waals surface area contributed by atoms with E-state index in [1.54, 1.807) is 0 Å². The monoisotopic (exact) mass is 174 g/mol. The first-order valence-corrected chi connectivity index (χ1v) is 4.63. The molecule has 2 aromatic heterocycles. The lowest BCUT2D eigenvalue weighted by atomic mass is 10.1. The topological polar surface area (TPSA) is 28.7 Å². The molecule has 0 aliphatic heterocycles. The number of fused-ring (bicyclic) bond motifs is 1. The fourth-order valence-electron chi connectivity index (χ4n) is 1.56. The highest BCUT2D eigenvalue weighted by Gasteiger charge is 2.07. The number of nitrogens with one attached hydrogen (secondary N) is 1. The molecule has 0 unspecified atom stereocenters. The van der Waals surface area contributed by atoms with Gasteiger partial charge in [0.1, 0.15) is 0 Å². The van der Waals surface area contributed by atoms with Gasteiger partial charge in [-0.2, -0.15) is 0 Å². The molecule has 0 fully saturated rings. The van der Waals surface area contributed by atoms with Gasteiger partial charge in [-0.3, -0.25) is 4.98 Å². The summed E-state index contributed by atoms with van der Waals surface area (Å²) in [5.41, 5.74) is 4.64. The molecule has 2 heterocycles. The predicted molar refractivity (Wildman–Crippen MR) is 54.9 cm³/mol. The lowest BCUT2D eigenvalue weighted by molar-refractivity contribution is 0.872. The summed E-state index contributed by atoms with van der Waals surface area (Å²) in [7, 11) is 0. The Morgan fingerprint density at radius 2 is 2.08 bits per heavy atom. The van der Waals surface area contributed by atoms with Crippen LogP contribution >= 0.6 is 0 Å². The van der Waals surface area contributed by atoms with Crippen LogP contribution in [0.4, 0.5) is 0 Å². The Labute approximate surface area is 78.0 Å². The van der Waals surface area contributed by atoms with Crippen LogP contribution in [0.15, 0.2) is 18.3 Å². The molecule has 0 aliphatic rings. The number of aromatic amines is 1. The maximum absolute atomic E-state index is 4.53. The molecule has 0 aliphatic carbocycles. The van der Waals surface area contributed by atoms with Crippen LogP contribution in [-0.2, 0) is 0 Å². The number of aryl methyl sites for hydroxylation is 1. The first kappa shape index (κ1) is 8.30. The van der Waals surface area contributed by atoms with Gasteiger partial charge < -0.3 is 4.98 Å². The summed E-state index contributed by atoms with van der Waals surface area (Å²) in [6.45, 7) is 6.40. The molecule has 13 heavy (non-hydrogen) atoms. The molecule has 0 spiro atoms. The number of hydrogen-bond acceptors (Lipinski definition) is 1. The molecule has 0 saturated heterocycles. The molecule has 0 aromatic carbocycles. The first-order chi connectivity index (χ1) is 6.18. The third kappa shape index (κ3) is 1.32. The summed E-state index contributed by atoms with van der Waals surface area (Å²) in [6.07, 6.45) is 2.06. The van der Waals surface area contributed by atoms with Gasteiger partial charge in [0.15, 0.2) is 0 Å². The van der Waals surface area contributed by atoms with Crippen molar-refractivity contribution >= 4 is 11.0 Å². The molecule has 2 rings (SSSR count). The molecule has 2 heteroatoms. The molecule has 0 amide bonds. The van der Waals surface area contributed by atoms with E-state index in [0.29, 0.717) is 5.92 Å². The summed E-state index contributed by atoms with van der Waals surface area (Å²) < 4.78 is 0. The average Bonchev–Trinajstić information content (AvgIpc) is 2.46. The fraction of sp³-hybridized carbons (Fsp3) is 0.364. The second kappa shape index (κ2) is 2.87. The van der Waals surface area contributed by atoms with Gasteiger partial charge in [0.2, 0.25) is 0 Å². The largest absolute Gasteiger partial charge is 0.360 e. The van der Waals surface area contributed by atoms with Gasteiger partial charge in [0.25, 0.3) is 0 Å². The zero-order valence-electron chi connectivity index (χ0n) is 8.26. The highest BCUT2D eigenvalue weighted by Crippen LogP contribution is 2.23. The van der Waals surface area contributed by atoms with Crippen molar-refractivity contribution in [2.24, 2.45) is 0 Å². The van der Waals surface area contributed by atoms with Gasteiger partial charge in [0.05, 0.1) is 11.0 Å². The van der Waals surface area contributed by atoms with Crippen molar-refractivity contribution in [1.82, 2.24) is 9.97 Å². The van der Waals surface area contributed by atoms with Gasteiger partial charge in [-0.1, -0.05) is 13.8 Å². The molecule has 0 bridgehead atoms. The quantitative estimate of drug-likeness (QED) is 0.707. The van der Waals surface area contributed by atoms with Crippen molar-refractivity contribution in [2.45, 2.75) is 26.7 Å². The van der Waals surface area contributed by atoms with Crippen LogP contribution in [0.2, 0.25) is 0 Å². The van der Waals surface area contributed by atoms with Crippen LogP contribution in [0.3, 0.4) is 0 Å². The lowest BCUT2D eigenvalue weighted by Gasteiger charge is -2.01. The van der Waals surface area contributed by atoms with E-state index in [1.807, 2.05) is 13.0 Å². The molecule has 2 nitrogen and oxygen atoms in total. The van der Waals surface area contributed by atoms with Crippen molar-refractivity contribution in [2.75, 3.05) is 0 Å². The van der Waals surface area contributed by atoms with Crippen molar-refractivity contribution in [1.29, 1.82) is 0 Å². The van der Waals surface area contributed by atoms with Gasteiger partial charge in [0, 0.05) is 11.9 Å². The lowest BCUT2D eigenvalue weighted by Crippen LogP contribution is -1.87. The molecule has 0 radical (unpaired) electrons. The third-order valence-corrected chi connectivity index (χ3v) is 2.31. The number of nitrogens with zero attached hydrogens (tertiary/aromatic N) is 1. The van der Waals surface area contributed by atoms with Crippen molar-refractivity contribution < 1.29 is 0 Å². The summed E-state index contributed by atoms with van der Waals surface area (Å²) in [5, 5.41) is 0. The van der Waals surface area contributed by atoms with E-state index < -0.39 is 0 Å². The van der Waals surface area contributed by atoms with Crippen LogP contribution in [-0.4, -0.2) is 9.97 Å². The number of H-pyrrole nitrogens is 1. The third-order valence-electron chi connectivity index (χ3n) is 2.31. The molecule has 1 N–H and O–H groups in total. The number of hydrogen-bond donors (Lipinski definition) is 1. The van der Waals surface area contributed by atoms with Crippen molar-refractivity contribution in [3.8, 4) is 0 Å². The second-order valence-corrected chi connectivity index (χ2v) is 3.75. The van der Waals surface area contributed by atoms with Crippen LogP contribution in [0.1, 0.15) is 31.0 Å². The zero-order valence-corrected chi connectivity index (χ0v) is 8.26. The standard InChI is InChI=1S/C11H14N2/c1-7(2)9-6-12-10-5-4-8(3)13-11(9)10/h4-7,12H,1-3H3. The SMILES string of the molecule is Cc1ccc2[nH]cc(C(C)C)c2n1. The minimum Gasteiger partial charge on any atom is -0.360 e. The van der Waals surface area contributed by atoms with E-state index >= 15 is 0 Å². The molecule has 68 valence electrons. The van der Waals surface area contributed by atoms with Crippen LogP contribution in [0.25, 0.3) is 11.0 Å². The minimum atomic E-state index is 0.531. The van der Waals surface area contributed by atoms with Crippen LogP contribution in [0, 0.1) is 6.92 Å². The van der Waals surface area contributed by atoms with Crippen molar-refractivity contribution in [3.05, 3.63) is 29.6 Å². The Hall–Kier alpha value is -1.31. The summed E-state index contributed by atoms with van der Waals surface area (Å²) in [6, 6.07) is 4.12. The van der Waals surface area contributed by atoms with Crippen LogP contribution in [0.5, 0.6) is 0 Å². The average molecular weight is 174 g/mol. The Kier molecular flexibility index (Phi) is 1.83. The molecule has 0 atom stereocenters. The number of pyridine rings is 1. The number of rotatable bonds is 1. The van der Waals surface area contributed by atoms with Gasteiger partial charge in [-0.15, -0.1) is 0 Å². The molecule has 2 aromatic rings. The van der Waals surface area contributed by atoms with Gasteiger partial charge >= 0.3 is 0 Å². The first-order valence-electron chi connectivity index (χ1n) is 4.63. The van der Waals surface area contributed by atoms with Crippen molar-refractivity contribution in [3.63, 3.8) is 0 Å². The van der Waals surface area contributed by atoms with Gasteiger partial charge in [-0.05, 0) is 30.5 Å². The maximum Gasteiger partial charge on any atom is 0.0916 e. The molecular formula is C11H14N2. The van der Waals surface area contributed by atoms with E-state index in [2.05, 4.69) is 36.1 Å². The zero-order chi connectivity index (χ0) is 9.42. The van der Waals surface area contributed by atoms with Gasteiger partial charge in [-0.25, -0.2) is 0 Å². The smallest absolute Gasteiger partial charge is 0.0916 e. The van der Waals surface area contributed by atoms with E-state index in [4.69, 9.17) is 0 Å². The highest BCUT2D eigenvalue weighted by atomic mass is 14.8. The Morgan fingerprint density at radius 1 is 1.31 bits per heavy atom. The predicted octanol–water partition coefficient (Wildman–Crippen LogP) is 2.99. The van der Waals surface area contributed by atoms with E-state index in [0.717, 1.165) is 16.7 Å². The van der Waals surface area contributed by atoms with Crippen LogP contribution < -0.4 is 0 Å². The summed E-state index contributed by atoms with van der Waals surface area (Å²) in [4.78, 5) is 7.76. The Morgan fingerprint density at radius 3 is 2.77 bits per heavy atom. The fourth-order valence-corrected chi connectivity index (χ4v) is 1.56. The normalized spacial score (nSPS) is 11.4. The van der Waals surface area contributed by atoms with E-state index in [-0.39, 0.29) is 0 Å². The number of aromatic nitrogens is 2. The maximum atomic E-state index is 4.53. The summed E-state index contributed by atoms with van der Waals surface area (Å²) >= 11 is 0. The summed E-state index contributed by atoms with van der Waals surface area (Å²) in [5.74, 6) is 0.531. The van der Waals surface area contributed by atoms with E-state index in [1.165, 1.54) is 5.56 Å².